The number of nitrogens with zero attached hydrogens (tertiary/aromatic N) is 2. The van der Waals surface area contributed by atoms with Gasteiger partial charge in [-0.15, -0.1) is 0 Å². The molecule has 150 valence electrons. The highest BCUT2D eigenvalue weighted by molar-refractivity contribution is 6.11. The van der Waals surface area contributed by atoms with Crippen LogP contribution < -0.4 is 11.1 Å². The van der Waals surface area contributed by atoms with Gasteiger partial charge >= 0.3 is 0 Å². The third kappa shape index (κ3) is 4.01. The van der Waals surface area contributed by atoms with E-state index in [-0.39, 0.29) is 11.4 Å². The van der Waals surface area contributed by atoms with Crippen LogP contribution in [0.2, 0.25) is 0 Å². The fraction of sp³-hybridized carbons (Fsp3) is 0.0870. The van der Waals surface area contributed by atoms with Gasteiger partial charge in [0.05, 0.1) is 22.8 Å². The summed E-state index contributed by atoms with van der Waals surface area (Å²) < 4.78 is 27.7. The van der Waals surface area contributed by atoms with Crippen LogP contribution in [0.25, 0.3) is 22.2 Å². The van der Waals surface area contributed by atoms with Gasteiger partial charge in [0.15, 0.2) is 5.78 Å². The van der Waals surface area contributed by atoms with Crippen molar-refractivity contribution in [3.8, 4) is 11.1 Å². The quantitative estimate of drug-likeness (QED) is 0.471. The van der Waals surface area contributed by atoms with Gasteiger partial charge in [-0.3, -0.25) is 9.78 Å². The summed E-state index contributed by atoms with van der Waals surface area (Å²) in [5.74, 6) is -0.923. The number of rotatable bonds is 6. The van der Waals surface area contributed by atoms with Crippen molar-refractivity contribution in [2.75, 3.05) is 18.4 Å². The first-order valence-corrected chi connectivity index (χ1v) is 9.36. The summed E-state index contributed by atoms with van der Waals surface area (Å²) in [4.78, 5) is 21.8. The van der Waals surface area contributed by atoms with Gasteiger partial charge in [-0.05, 0) is 53.6 Å². The summed E-state index contributed by atoms with van der Waals surface area (Å²) in [6.45, 7) is 0.988. The highest BCUT2D eigenvalue weighted by atomic mass is 19.1. The average Bonchev–Trinajstić information content (AvgIpc) is 2.77. The van der Waals surface area contributed by atoms with Crippen LogP contribution in [-0.2, 0) is 0 Å². The number of hydrogen-bond donors (Lipinski definition) is 2. The molecule has 0 spiro atoms. The molecule has 0 aliphatic carbocycles. The highest BCUT2D eigenvalue weighted by Gasteiger charge is 2.16. The molecule has 4 rings (SSSR count). The second-order valence-electron chi connectivity index (χ2n) is 6.70. The summed E-state index contributed by atoms with van der Waals surface area (Å²) in [5.41, 5.74) is 8.14. The Labute approximate surface area is 171 Å². The van der Waals surface area contributed by atoms with Crippen LogP contribution in [0.1, 0.15) is 15.9 Å². The van der Waals surface area contributed by atoms with Crippen molar-refractivity contribution in [3.05, 3.63) is 89.6 Å². The number of anilines is 1. The minimum Gasteiger partial charge on any atom is -0.368 e. The molecule has 0 saturated heterocycles. The fourth-order valence-corrected chi connectivity index (χ4v) is 3.11. The number of carbonyl (C=O) groups excluding carboxylic acids is 1. The molecular formula is C23H18F2N4O. The molecule has 1 aromatic heterocycles. The second kappa shape index (κ2) is 8.34. The largest absolute Gasteiger partial charge is 0.368 e. The molecule has 5 nitrogen and oxygen atoms in total. The van der Waals surface area contributed by atoms with Crippen molar-refractivity contribution in [3.63, 3.8) is 0 Å². The van der Waals surface area contributed by atoms with Crippen LogP contribution in [0.3, 0.4) is 0 Å². The average molecular weight is 404 g/mol. The van der Waals surface area contributed by atoms with E-state index in [9.17, 15) is 13.6 Å². The second-order valence-corrected chi connectivity index (χ2v) is 6.70. The van der Waals surface area contributed by atoms with Gasteiger partial charge in [-0.2, -0.15) is 0 Å². The van der Waals surface area contributed by atoms with Crippen molar-refractivity contribution in [1.82, 2.24) is 9.97 Å². The minimum absolute atomic E-state index is 0.0680. The highest BCUT2D eigenvalue weighted by Crippen LogP contribution is 2.25. The Bertz CT molecular complexity index is 1230. The zero-order valence-electron chi connectivity index (χ0n) is 15.9. The standard InChI is InChI=1S/C23H18F2N4O/c24-17-5-1-14(2-6-17)15-3-7-19(25)18(11-15)23(30)16-4-8-20-21(12-16)29-22(13-28-20)27-10-9-26/h1-8,11-13H,9-10,26H2,(H,27,29). The summed E-state index contributed by atoms with van der Waals surface area (Å²) in [5, 5.41) is 3.04. The van der Waals surface area contributed by atoms with Crippen molar-refractivity contribution in [1.29, 1.82) is 0 Å². The predicted molar refractivity (Wildman–Crippen MR) is 112 cm³/mol. The third-order valence-corrected chi connectivity index (χ3v) is 4.64. The predicted octanol–water partition coefficient (Wildman–Crippen LogP) is 4.18. The number of halogens is 2. The zero-order valence-corrected chi connectivity index (χ0v) is 15.9. The number of nitrogens with one attached hydrogen (secondary N) is 1. The Balaban J connectivity index is 1.70. The molecule has 0 bridgehead atoms. The number of benzene rings is 3. The molecule has 3 N–H and O–H groups in total. The monoisotopic (exact) mass is 404 g/mol. The molecule has 3 aromatic carbocycles. The van der Waals surface area contributed by atoms with Gasteiger partial charge in [0.2, 0.25) is 0 Å². The maximum Gasteiger partial charge on any atom is 0.196 e. The zero-order chi connectivity index (χ0) is 21.1. The molecule has 0 aliphatic heterocycles. The number of aromatic nitrogens is 2. The van der Waals surface area contributed by atoms with Crippen LogP contribution in [0.4, 0.5) is 14.6 Å². The molecule has 7 heteroatoms. The molecule has 30 heavy (non-hydrogen) atoms. The minimum atomic E-state index is -0.629. The van der Waals surface area contributed by atoms with Gasteiger partial charge in [-0.1, -0.05) is 18.2 Å². The van der Waals surface area contributed by atoms with Crippen molar-refractivity contribution in [2.24, 2.45) is 5.73 Å². The first kappa shape index (κ1) is 19.6. The Morgan fingerprint density at radius 1 is 0.933 bits per heavy atom. The van der Waals surface area contributed by atoms with Gasteiger partial charge in [-0.25, -0.2) is 13.8 Å². The lowest BCUT2D eigenvalue weighted by Gasteiger charge is -2.08. The van der Waals surface area contributed by atoms with Crippen molar-refractivity contribution < 1.29 is 13.6 Å². The summed E-state index contributed by atoms with van der Waals surface area (Å²) in [6.07, 6.45) is 1.59. The Hall–Kier alpha value is -3.71. The van der Waals surface area contributed by atoms with E-state index in [1.54, 1.807) is 42.6 Å². The molecule has 0 atom stereocenters. The molecule has 0 unspecified atom stereocenters. The fourth-order valence-electron chi connectivity index (χ4n) is 3.11. The lowest BCUT2D eigenvalue weighted by atomic mass is 9.97. The van der Waals surface area contributed by atoms with E-state index in [0.717, 1.165) is 0 Å². The molecule has 0 radical (unpaired) electrons. The van der Waals surface area contributed by atoms with Crippen LogP contribution in [-0.4, -0.2) is 28.8 Å². The van der Waals surface area contributed by atoms with Crippen LogP contribution >= 0.6 is 0 Å². The maximum absolute atomic E-state index is 14.5. The van der Waals surface area contributed by atoms with Crippen LogP contribution in [0, 0.1) is 11.6 Å². The summed E-state index contributed by atoms with van der Waals surface area (Å²) in [6, 6.07) is 14.9. The Kier molecular flexibility index (Phi) is 5.45. The molecule has 0 amide bonds. The number of nitrogens with two attached hydrogens (primary N) is 1. The van der Waals surface area contributed by atoms with E-state index >= 15 is 0 Å². The molecule has 0 saturated carbocycles. The van der Waals surface area contributed by atoms with Crippen molar-refractivity contribution >= 4 is 22.6 Å². The van der Waals surface area contributed by atoms with Gasteiger partial charge in [0.1, 0.15) is 17.5 Å². The number of ketones is 1. The number of carbonyl (C=O) groups is 1. The van der Waals surface area contributed by atoms with E-state index in [0.29, 0.717) is 46.6 Å². The lowest BCUT2D eigenvalue weighted by Crippen LogP contribution is -2.14. The topological polar surface area (TPSA) is 80.9 Å². The van der Waals surface area contributed by atoms with E-state index in [1.165, 1.54) is 24.3 Å². The Morgan fingerprint density at radius 3 is 2.47 bits per heavy atom. The first-order chi connectivity index (χ1) is 14.5. The molecule has 0 aliphatic rings. The van der Waals surface area contributed by atoms with Crippen LogP contribution in [0.5, 0.6) is 0 Å². The van der Waals surface area contributed by atoms with E-state index < -0.39 is 11.6 Å². The van der Waals surface area contributed by atoms with Crippen molar-refractivity contribution in [2.45, 2.75) is 0 Å². The smallest absolute Gasteiger partial charge is 0.196 e. The van der Waals surface area contributed by atoms with E-state index in [4.69, 9.17) is 5.73 Å². The van der Waals surface area contributed by atoms with E-state index in [1.807, 2.05) is 0 Å². The number of fused-ring (bicyclic) bond motifs is 1. The molecular weight excluding hydrogens is 386 g/mol. The van der Waals surface area contributed by atoms with Crippen LogP contribution in [0.15, 0.2) is 66.9 Å². The Morgan fingerprint density at radius 2 is 1.70 bits per heavy atom. The molecule has 0 fully saturated rings. The SMILES string of the molecule is NCCNc1cnc2ccc(C(=O)c3cc(-c4ccc(F)cc4)ccc3F)cc2n1. The third-order valence-electron chi connectivity index (χ3n) is 4.64. The first-order valence-electron chi connectivity index (χ1n) is 9.36. The van der Waals surface area contributed by atoms with Gasteiger partial charge in [0, 0.05) is 18.7 Å². The lowest BCUT2D eigenvalue weighted by molar-refractivity contribution is 0.103. The summed E-state index contributed by atoms with van der Waals surface area (Å²) in [7, 11) is 0. The van der Waals surface area contributed by atoms with Gasteiger partial charge < -0.3 is 11.1 Å². The van der Waals surface area contributed by atoms with E-state index in [2.05, 4.69) is 15.3 Å². The normalized spacial score (nSPS) is 10.9. The molecule has 4 aromatic rings. The number of hydrogen-bond acceptors (Lipinski definition) is 5. The maximum atomic E-state index is 14.5. The molecule has 1 heterocycles. The van der Waals surface area contributed by atoms with Gasteiger partial charge in [0.25, 0.3) is 0 Å². The summed E-state index contributed by atoms with van der Waals surface area (Å²) >= 11 is 0.